The Morgan fingerprint density at radius 1 is 1.38 bits per heavy atom. The second kappa shape index (κ2) is 16.0. The molecule has 0 aromatic carbocycles. The Morgan fingerprint density at radius 3 is 1.38 bits per heavy atom. The van der Waals surface area contributed by atoms with Gasteiger partial charge in [0, 0.05) is 0 Å². The third-order valence-electron chi connectivity index (χ3n) is 0. The van der Waals surface area contributed by atoms with Crippen molar-refractivity contribution in [2.75, 3.05) is 0 Å². The third kappa shape index (κ3) is 92.8. The van der Waals surface area contributed by atoms with Gasteiger partial charge in [0.2, 0.25) is 0 Å². The molecule has 7 heteroatoms. The van der Waals surface area contributed by atoms with Gasteiger partial charge in [0.1, 0.15) is 0 Å². The van der Waals surface area contributed by atoms with Crippen LogP contribution in [0.2, 0.25) is 0 Å². The van der Waals surface area contributed by atoms with E-state index in [9.17, 15) is 0 Å². The van der Waals surface area contributed by atoms with Crippen molar-refractivity contribution in [3.05, 3.63) is 0 Å². The van der Waals surface area contributed by atoms with Crippen molar-refractivity contribution >= 4 is 87.9 Å². The molecule has 44 valence electrons. The van der Waals surface area contributed by atoms with E-state index >= 15 is 0 Å². The van der Waals surface area contributed by atoms with Gasteiger partial charge in [-0.05, 0) is 0 Å². The molecule has 0 aromatic rings. The number of carbonyl (C=O) groups is 1. The Labute approximate surface area is 101 Å². The SMILES string of the molecule is O=C(O)O.[Cl][Mg][Cl].[SrH2]. The molecule has 0 atom stereocenters. The van der Waals surface area contributed by atoms with Crippen LogP contribution in [0.4, 0.5) is 4.79 Å². The molecule has 0 spiro atoms. The van der Waals surface area contributed by atoms with Crippen LogP contribution in [0.5, 0.6) is 0 Å². The summed E-state index contributed by atoms with van der Waals surface area (Å²) in [6.45, 7) is 0. The van der Waals surface area contributed by atoms with Crippen molar-refractivity contribution in [1.82, 2.24) is 0 Å². The Kier molecular flexibility index (Phi) is 33.3. The standard InChI is InChI=1S/CH2O3.2ClH.Mg.Sr.2H/c2-1(3)4;;;;;;/h(H2,2,3,4);2*1H;;;;/q;;;+2;;;/p-2. The minimum absolute atomic E-state index is 0. The molecule has 0 aliphatic heterocycles. The summed E-state index contributed by atoms with van der Waals surface area (Å²) in [6.07, 6.45) is -1.83. The summed E-state index contributed by atoms with van der Waals surface area (Å²) in [6, 6.07) is 0. The van der Waals surface area contributed by atoms with Gasteiger partial charge in [-0.3, -0.25) is 0 Å². The Morgan fingerprint density at radius 2 is 1.38 bits per heavy atom. The molecule has 0 saturated heterocycles. The first-order valence-corrected chi connectivity index (χ1v) is 5.46. The summed E-state index contributed by atoms with van der Waals surface area (Å²) in [5.41, 5.74) is 0. The zero-order chi connectivity index (χ0) is 6.28. The molecule has 0 heterocycles. The molecule has 0 rings (SSSR count). The number of hydrogen-bond acceptors (Lipinski definition) is 1. The molecule has 0 saturated carbocycles. The predicted octanol–water partition coefficient (Wildman–Crippen LogP) is 0.304. The van der Waals surface area contributed by atoms with Gasteiger partial charge in [-0.1, -0.05) is 0 Å². The number of rotatable bonds is 0. The molecule has 0 bridgehead atoms. The van der Waals surface area contributed by atoms with Gasteiger partial charge in [0.25, 0.3) is 0 Å². The van der Waals surface area contributed by atoms with E-state index in [1.54, 1.807) is 0 Å². The van der Waals surface area contributed by atoms with Crippen LogP contribution in [0.25, 0.3) is 0 Å². The average molecular weight is 247 g/mol. The van der Waals surface area contributed by atoms with Crippen molar-refractivity contribution in [1.29, 1.82) is 0 Å². The maximum atomic E-state index is 8.56. The van der Waals surface area contributed by atoms with Crippen LogP contribution in [-0.4, -0.2) is 80.0 Å². The van der Waals surface area contributed by atoms with E-state index in [-0.39, 0.29) is 45.5 Å². The van der Waals surface area contributed by atoms with Crippen molar-refractivity contribution in [3.63, 3.8) is 0 Å². The Balaban J connectivity index is -0.0000000575. The van der Waals surface area contributed by atoms with E-state index < -0.39 is 24.3 Å². The van der Waals surface area contributed by atoms with Gasteiger partial charge in [-0.15, -0.1) is 0 Å². The molecule has 0 aliphatic carbocycles. The zero-order valence-corrected chi connectivity index (χ0v) is 6.19. The molecule has 2 N–H and O–H groups in total. The van der Waals surface area contributed by atoms with E-state index in [4.69, 9.17) is 33.2 Å². The fraction of sp³-hybridized carbons (Fsp3) is 0. The fourth-order valence-corrected chi connectivity index (χ4v) is 0. The fourth-order valence-electron chi connectivity index (χ4n) is 0. The third-order valence-corrected chi connectivity index (χ3v) is 0. The first-order chi connectivity index (χ1) is 3.15. The second-order valence-electron chi connectivity index (χ2n) is 0.384. The van der Waals surface area contributed by atoms with Gasteiger partial charge in [-0.2, -0.15) is 0 Å². The molecule has 0 unspecified atom stereocenters. The first kappa shape index (κ1) is 16.6. The summed E-state index contributed by atoms with van der Waals surface area (Å²) in [4.78, 5) is 8.56. The monoisotopic (exact) mass is 246 g/mol. The van der Waals surface area contributed by atoms with E-state index in [1.807, 2.05) is 0 Å². The van der Waals surface area contributed by atoms with Gasteiger partial charge in [0.05, 0.1) is 0 Å². The molecule has 0 fully saturated rings. The summed E-state index contributed by atoms with van der Waals surface area (Å²) in [5.74, 6) is 0. The Hall–Kier alpha value is 2.10. The van der Waals surface area contributed by atoms with Crippen molar-refractivity contribution in [3.8, 4) is 0 Å². The minimum atomic E-state index is -1.83. The van der Waals surface area contributed by atoms with Gasteiger partial charge in [0.15, 0.2) is 0 Å². The maximum absolute atomic E-state index is 8.56. The molecule has 0 aromatic heterocycles. The second-order valence-corrected chi connectivity index (χ2v) is 3.01. The van der Waals surface area contributed by atoms with E-state index in [2.05, 4.69) is 0 Å². The summed E-state index contributed by atoms with van der Waals surface area (Å²) in [5, 5.41) is 13.9. The normalized spacial score (nSPS) is 4.25. The summed E-state index contributed by atoms with van der Waals surface area (Å²) >= 11 is -0.639. The van der Waals surface area contributed by atoms with Gasteiger partial charge < -0.3 is 28.4 Å². The van der Waals surface area contributed by atoms with Crippen LogP contribution in [0.15, 0.2) is 0 Å². The first-order valence-electron chi connectivity index (χ1n) is 1.19. The molecule has 0 radical (unpaired) electrons. The molecular formula is CH4Cl2MgO3Sr. The quantitative estimate of drug-likeness (QED) is 0.605. The summed E-state index contributed by atoms with van der Waals surface area (Å²) in [7, 11) is 9.81. The number of carboxylic acid groups (broad SMARTS) is 2. The van der Waals surface area contributed by atoms with Gasteiger partial charge in [-0.25, -0.2) is 4.79 Å². The van der Waals surface area contributed by atoms with E-state index in [0.29, 0.717) is 0 Å². The predicted molar refractivity (Wildman–Crippen MR) is 36.7 cm³/mol. The van der Waals surface area contributed by atoms with Crippen LogP contribution in [-0.2, 0) is 0 Å². The molecule has 0 amide bonds. The average Bonchev–Trinajstić information content (AvgIpc) is 1.33. The van der Waals surface area contributed by atoms with Crippen LogP contribution in [0, 0.1) is 0 Å². The van der Waals surface area contributed by atoms with Crippen LogP contribution >= 0.6 is 18.1 Å². The molecule has 8 heavy (non-hydrogen) atoms. The van der Waals surface area contributed by atoms with Crippen LogP contribution in [0.3, 0.4) is 0 Å². The molecule has 0 aliphatic rings. The topological polar surface area (TPSA) is 57.5 Å². The Bertz CT molecular complexity index is 48.5. The van der Waals surface area contributed by atoms with Crippen LogP contribution < -0.4 is 0 Å². The molecule has 3 nitrogen and oxygen atoms in total. The zero-order valence-electron chi connectivity index (χ0n) is 3.27. The van der Waals surface area contributed by atoms with E-state index in [1.165, 1.54) is 0 Å². The van der Waals surface area contributed by atoms with Crippen molar-refractivity contribution in [2.24, 2.45) is 0 Å². The van der Waals surface area contributed by atoms with E-state index in [0.717, 1.165) is 0 Å². The summed E-state index contributed by atoms with van der Waals surface area (Å²) < 4.78 is 0. The number of halogens is 2. The molecular weight excluding hydrogens is 243 g/mol. The van der Waals surface area contributed by atoms with Crippen molar-refractivity contribution < 1.29 is 15.0 Å². The number of hydrogen-bond donors (Lipinski definition) is 2. The van der Waals surface area contributed by atoms with Gasteiger partial charge >= 0.3 is 69.8 Å². The van der Waals surface area contributed by atoms with Crippen LogP contribution in [0.1, 0.15) is 0 Å². The van der Waals surface area contributed by atoms with Crippen molar-refractivity contribution in [2.45, 2.75) is 0 Å².